The number of esters is 2. The van der Waals surface area contributed by atoms with Crippen LogP contribution in [0.2, 0.25) is 0 Å². The Balaban J connectivity index is 4.33. The van der Waals surface area contributed by atoms with Gasteiger partial charge in [0.1, 0.15) is 6.61 Å². The smallest absolute Gasteiger partial charge is 0.306 e. The van der Waals surface area contributed by atoms with Crippen molar-refractivity contribution in [1.82, 2.24) is 0 Å². The highest BCUT2D eigenvalue weighted by Crippen LogP contribution is 2.15. The third kappa shape index (κ3) is 50.0. The van der Waals surface area contributed by atoms with Gasteiger partial charge < -0.3 is 14.2 Å². The largest absolute Gasteiger partial charge is 0.462 e. The lowest BCUT2D eigenvalue weighted by Crippen LogP contribution is -2.30. The predicted molar refractivity (Wildman–Crippen MR) is 270 cm³/mol. The summed E-state index contributed by atoms with van der Waals surface area (Å²) in [6, 6.07) is 0. The van der Waals surface area contributed by atoms with Crippen molar-refractivity contribution in [3.8, 4) is 0 Å². The molecule has 62 heavy (non-hydrogen) atoms. The summed E-state index contributed by atoms with van der Waals surface area (Å²) in [5.41, 5.74) is 0. The van der Waals surface area contributed by atoms with E-state index in [1.807, 2.05) is 6.08 Å². The van der Waals surface area contributed by atoms with Crippen LogP contribution in [-0.4, -0.2) is 37.9 Å². The van der Waals surface area contributed by atoms with Crippen molar-refractivity contribution in [2.24, 2.45) is 0 Å². The zero-order chi connectivity index (χ0) is 44.9. The van der Waals surface area contributed by atoms with Crippen molar-refractivity contribution in [2.75, 3.05) is 19.8 Å². The molecule has 0 amide bonds. The molecule has 1 atom stereocenters. The first-order chi connectivity index (χ1) is 30.6. The quantitative estimate of drug-likeness (QED) is 0.0346. The number of hydrogen-bond acceptors (Lipinski definition) is 5. The minimum absolute atomic E-state index is 0.0528. The van der Waals surface area contributed by atoms with Crippen LogP contribution in [0.1, 0.15) is 252 Å². The van der Waals surface area contributed by atoms with E-state index in [4.69, 9.17) is 14.2 Å². The number of hydrogen-bond donors (Lipinski definition) is 0. The highest BCUT2D eigenvalue weighted by molar-refractivity contribution is 5.70. The Morgan fingerprint density at radius 1 is 0.371 bits per heavy atom. The highest BCUT2D eigenvalue weighted by atomic mass is 16.6. The van der Waals surface area contributed by atoms with Crippen LogP contribution in [0.25, 0.3) is 0 Å². The molecule has 0 aromatic rings. The van der Waals surface area contributed by atoms with Gasteiger partial charge in [-0.05, 0) is 77.0 Å². The molecule has 0 heterocycles. The van der Waals surface area contributed by atoms with Crippen molar-refractivity contribution >= 4 is 11.9 Å². The second kappa shape index (κ2) is 52.7. The van der Waals surface area contributed by atoms with Crippen molar-refractivity contribution < 1.29 is 23.8 Å². The van der Waals surface area contributed by atoms with Gasteiger partial charge in [-0.2, -0.15) is 0 Å². The lowest BCUT2D eigenvalue weighted by Gasteiger charge is -2.18. The fourth-order valence-corrected chi connectivity index (χ4v) is 7.32. The number of allylic oxidation sites excluding steroid dienone is 12. The lowest BCUT2D eigenvalue weighted by molar-refractivity contribution is -0.162. The Morgan fingerprint density at radius 3 is 1.26 bits per heavy atom. The summed E-state index contributed by atoms with van der Waals surface area (Å²) in [4.78, 5) is 25.4. The van der Waals surface area contributed by atoms with E-state index in [9.17, 15) is 9.59 Å². The predicted octanol–water partition coefficient (Wildman–Crippen LogP) is 17.9. The van der Waals surface area contributed by atoms with Gasteiger partial charge in [-0.15, -0.1) is 0 Å². The van der Waals surface area contributed by atoms with E-state index in [2.05, 4.69) is 87.6 Å². The molecule has 0 bridgehead atoms. The third-order valence-corrected chi connectivity index (χ3v) is 11.2. The normalized spacial score (nSPS) is 12.8. The van der Waals surface area contributed by atoms with Crippen molar-refractivity contribution in [2.45, 2.75) is 258 Å². The summed E-state index contributed by atoms with van der Waals surface area (Å²) in [5, 5.41) is 0. The molecule has 0 aliphatic heterocycles. The molecular weight excluding hydrogens is 765 g/mol. The zero-order valence-electron chi connectivity index (χ0n) is 41.1. The molecule has 0 aliphatic carbocycles. The van der Waals surface area contributed by atoms with Crippen molar-refractivity contribution in [1.29, 1.82) is 0 Å². The molecule has 0 aromatic heterocycles. The number of unbranched alkanes of at least 4 members (excludes halogenated alkanes) is 25. The van der Waals surface area contributed by atoms with Crippen LogP contribution in [0.3, 0.4) is 0 Å². The van der Waals surface area contributed by atoms with Gasteiger partial charge >= 0.3 is 11.9 Å². The average Bonchev–Trinajstić information content (AvgIpc) is 3.27. The maximum Gasteiger partial charge on any atom is 0.306 e. The SMILES string of the molecule is CC/C=C\C/C=C\C/C=C\C/C=C\CCC(=O)OC(COCCCCCCCC/C=C\C/C=C\CCCCC)COC(=O)CCCCCCCCCCCCCCCCCCC. The first kappa shape index (κ1) is 59.3. The van der Waals surface area contributed by atoms with Crippen molar-refractivity contribution in [3.63, 3.8) is 0 Å². The minimum atomic E-state index is -0.580. The van der Waals surface area contributed by atoms with E-state index in [-0.39, 0.29) is 25.2 Å². The van der Waals surface area contributed by atoms with E-state index in [0.29, 0.717) is 25.9 Å². The van der Waals surface area contributed by atoms with Crippen molar-refractivity contribution in [3.05, 3.63) is 72.9 Å². The van der Waals surface area contributed by atoms with E-state index < -0.39 is 6.10 Å². The Kier molecular flexibility index (Phi) is 50.4. The molecule has 0 aliphatic rings. The van der Waals surface area contributed by atoms with Gasteiger partial charge in [0.2, 0.25) is 0 Å². The maximum atomic E-state index is 12.8. The standard InChI is InChI=1S/C57H100O5/c1-4-7-10-13-16-19-22-25-27-29-30-33-35-38-41-44-47-50-56(58)61-54-55(62-57(59)51-48-45-42-39-36-32-24-21-18-15-12-9-6-3)53-60-52-49-46-43-40-37-34-31-28-26-23-20-17-14-11-8-5-2/h9,12,17-18,20-21,26,28,32,36,42,45,55H,4-8,10-11,13-16,19,22-25,27,29-31,33-35,37-41,43-44,46-54H2,1-3H3/b12-9-,20-17-,21-18-,28-26-,36-32-,45-42-. The molecule has 5 heteroatoms. The monoisotopic (exact) mass is 865 g/mol. The topological polar surface area (TPSA) is 61.8 Å². The van der Waals surface area contributed by atoms with Gasteiger partial charge in [0, 0.05) is 19.4 Å². The van der Waals surface area contributed by atoms with Crippen LogP contribution in [0.15, 0.2) is 72.9 Å². The molecule has 0 saturated carbocycles. The number of carbonyl (C=O) groups is 2. The van der Waals surface area contributed by atoms with E-state index in [0.717, 1.165) is 57.8 Å². The molecule has 0 radical (unpaired) electrons. The van der Waals surface area contributed by atoms with E-state index >= 15 is 0 Å². The van der Waals surface area contributed by atoms with Crippen LogP contribution in [0.4, 0.5) is 0 Å². The molecule has 0 spiro atoms. The van der Waals surface area contributed by atoms with Gasteiger partial charge in [-0.1, -0.05) is 235 Å². The fraction of sp³-hybridized carbons (Fsp3) is 0.754. The van der Waals surface area contributed by atoms with Crippen LogP contribution < -0.4 is 0 Å². The van der Waals surface area contributed by atoms with E-state index in [1.165, 1.54) is 154 Å². The number of rotatable bonds is 48. The van der Waals surface area contributed by atoms with Gasteiger partial charge in [-0.3, -0.25) is 9.59 Å². The van der Waals surface area contributed by atoms with E-state index in [1.54, 1.807) is 0 Å². The Hall–Kier alpha value is -2.66. The van der Waals surface area contributed by atoms with Gasteiger partial charge in [-0.25, -0.2) is 0 Å². The summed E-state index contributed by atoms with van der Waals surface area (Å²) in [5.74, 6) is -0.490. The summed E-state index contributed by atoms with van der Waals surface area (Å²) in [6.45, 7) is 7.61. The Labute approximate surface area is 385 Å². The summed E-state index contributed by atoms with van der Waals surface area (Å²) in [6.07, 6.45) is 67.8. The zero-order valence-corrected chi connectivity index (χ0v) is 41.1. The molecule has 5 nitrogen and oxygen atoms in total. The van der Waals surface area contributed by atoms with Crippen LogP contribution in [-0.2, 0) is 23.8 Å². The van der Waals surface area contributed by atoms with Gasteiger partial charge in [0.05, 0.1) is 6.61 Å². The molecule has 0 rings (SSSR count). The molecule has 358 valence electrons. The number of ether oxygens (including phenoxy) is 3. The molecule has 0 fully saturated rings. The summed E-state index contributed by atoms with van der Waals surface area (Å²) >= 11 is 0. The second-order valence-electron chi connectivity index (χ2n) is 17.4. The summed E-state index contributed by atoms with van der Waals surface area (Å²) < 4.78 is 17.3. The third-order valence-electron chi connectivity index (χ3n) is 11.2. The Morgan fingerprint density at radius 2 is 0.758 bits per heavy atom. The number of carbonyl (C=O) groups excluding carboxylic acids is 2. The lowest BCUT2D eigenvalue weighted by atomic mass is 10.0. The Bertz CT molecular complexity index is 1110. The second-order valence-corrected chi connectivity index (χ2v) is 17.4. The fourth-order valence-electron chi connectivity index (χ4n) is 7.32. The van der Waals surface area contributed by atoms with Crippen LogP contribution in [0.5, 0.6) is 0 Å². The molecular formula is C57H100O5. The average molecular weight is 865 g/mol. The molecule has 1 unspecified atom stereocenters. The first-order valence-corrected chi connectivity index (χ1v) is 26.5. The van der Waals surface area contributed by atoms with Crippen LogP contribution in [0, 0.1) is 0 Å². The van der Waals surface area contributed by atoms with Gasteiger partial charge in [0.15, 0.2) is 6.10 Å². The maximum absolute atomic E-state index is 12.8. The van der Waals surface area contributed by atoms with Gasteiger partial charge in [0.25, 0.3) is 0 Å². The minimum Gasteiger partial charge on any atom is -0.462 e. The first-order valence-electron chi connectivity index (χ1n) is 26.5. The molecule has 0 saturated heterocycles. The van der Waals surface area contributed by atoms with Crippen LogP contribution >= 0.6 is 0 Å². The highest BCUT2D eigenvalue weighted by Gasteiger charge is 2.17. The summed E-state index contributed by atoms with van der Waals surface area (Å²) in [7, 11) is 0. The molecule has 0 aromatic carbocycles. The molecule has 0 N–H and O–H groups in total.